The zero-order valence-corrected chi connectivity index (χ0v) is 14.9. The highest BCUT2D eigenvalue weighted by atomic mass is 35.5. The molecular formula is C17H18ClN3O4. The first-order valence-electron chi connectivity index (χ1n) is 7.77. The SMILES string of the molecule is COc1cc(Cl)c(C)cc1NC(=O)C1CC(=O)N(c2cc(C)on2)C1. The minimum atomic E-state index is -0.481. The molecule has 2 aromatic rings. The van der Waals surface area contributed by atoms with Gasteiger partial charge in [0.15, 0.2) is 5.82 Å². The summed E-state index contributed by atoms with van der Waals surface area (Å²) >= 11 is 6.08. The minimum absolute atomic E-state index is 0.118. The fraction of sp³-hybridized carbons (Fsp3) is 0.353. The highest BCUT2D eigenvalue weighted by Gasteiger charge is 2.36. The van der Waals surface area contributed by atoms with Gasteiger partial charge in [0.2, 0.25) is 11.8 Å². The van der Waals surface area contributed by atoms with Gasteiger partial charge < -0.3 is 14.6 Å². The number of nitrogens with zero attached hydrogens (tertiary/aromatic N) is 2. The van der Waals surface area contributed by atoms with Gasteiger partial charge in [0.1, 0.15) is 11.5 Å². The number of ether oxygens (including phenoxy) is 1. The topological polar surface area (TPSA) is 84.7 Å². The molecule has 1 unspecified atom stereocenters. The third-order valence-corrected chi connectivity index (χ3v) is 4.53. The third-order valence-electron chi connectivity index (χ3n) is 4.13. The standard InChI is InChI=1S/C17H18ClN3O4/c1-9-4-13(14(24-3)7-12(9)18)19-17(23)11-6-16(22)21(8-11)15-5-10(2)25-20-15/h4-5,7,11H,6,8H2,1-3H3,(H,19,23). The molecule has 1 aromatic heterocycles. The molecule has 1 saturated heterocycles. The van der Waals surface area contributed by atoms with E-state index < -0.39 is 5.92 Å². The fourth-order valence-electron chi connectivity index (χ4n) is 2.75. The second-order valence-electron chi connectivity index (χ2n) is 5.99. The number of nitrogens with one attached hydrogen (secondary N) is 1. The number of halogens is 1. The molecular weight excluding hydrogens is 346 g/mol. The number of carbonyl (C=O) groups is 2. The molecule has 0 saturated carbocycles. The van der Waals surface area contributed by atoms with Crippen molar-refractivity contribution in [3.05, 3.63) is 34.5 Å². The van der Waals surface area contributed by atoms with Crippen LogP contribution in [0.5, 0.6) is 5.75 Å². The first-order chi connectivity index (χ1) is 11.9. The molecule has 3 rings (SSSR count). The van der Waals surface area contributed by atoms with Gasteiger partial charge in [-0.3, -0.25) is 14.5 Å². The lowest BCUT2D eigenvalue weighted by Gasteiger charge is -2.15. The van der Waals surface area contributed by atoms with Crippen LogP contribution in [-0.2, 0) is 9.59 Å². The first-order valence-corrected chi connectivity index (χ1v) is 8.15. The van der Waals surface area contributed by atoms with E-state index in [2.05, 4.69) is 10.5 Å². The predicted octanol–water partition coefficient (Wildman–Crippen LogP) is 2.95. The van der Waals surface area contributed by atoms with E-state index in [0.717, 1.165) is 5.56 Å². The Labute approximate surface area is 149 Å². The number of aromatic nitrogens is 1. The number of amides is 2. The summed E-state index contributed by atoms with van der Waals surface area (Å²) in [5, 5.41) is 7.22. The lowest BCUT2D eigenvalue weighted by atomic mass is 10.1. The van der Waals surface area contributed by atoms with Crippen LogP contribution in [0.25, 0.3) is 0 Å². The number of benzene rings is 1. The molecule has 0 spiro atoms. The van der Waals surface area contributed by atoms with E-state index in [1.165, 1.54) is 12.0 Å². The summed E-state index contributed by atoms with van der Waals surface area (Å²) in [4.78, 5) is 26.2. The second kappa shape index (κ2) is 6.76. The minimum Gasteiger partial charge on any atom is -0.495 e. The van der Waals surface area contributed by atoms with Gasteiger partial charge in [-0.2, -0.15) is 0 Å². The highest BCUT2D eigenvalue weighted by molar-refractivity contribution is 6.31. The molecule has 1 aromatic carbocycles. The normalized spacial score (nSPS) is 17.0. The van der Waals surface area contributed by atoms with Gasteiger partial charge in [-0.1, -0.05) is 16.8 Å². The van der Waals surface area contributed by atoms with Crippen molar-refractivity contribution in [3.8, 4) is 5.75 Å². The Hall–Kier alpha value is -2.54. The fourth-order valence-corrected chi connectivity index (χ4v) is 2.90. The number of anilines is 2. The smallest absolute Gasteiger partial charge is 0.229 e. The molecule has 1 atom stereocenters. The van der Waals surface area contributed by atoms with Gasteiger partial charge in [0.25, 0.3) is 0 Å². The van der Waals surface area contributed by atoms with Crippen LogP contribution < -0.4 is 15.0 Å². The van der Waals surface area contributed by atoms with Crippen molar-refractivity contribution in [2.24, 2.45) is 5.92 Å². The molecule has 2 heterocycles. The Bertz CT molecular complexity index is 833. The molecule has 1 fully saturated rings. The Morgan fingerprint density at radius 3 is 2.80 bits per heavy atom. The maximum absolute atomic E-state index is 12.6. The zero-order valence-electron chi connectivity index (χ0n) is 14.1. The molecule has 0 bridgehead atoms. The molecule has 1 aliphatic heterocycles. The highest BCUT2D eigenvalue weighted by Crippen LogP contribution is 2.32. The lowest BCUT2D eigenvalue weighted by molar-refractivity contribution is -0.122. The summed E-state index contributed by atoms with van der Waals surface area (Å²) in [5.41, 5.74) is 1.34. The summed E-state index contributed by atoms with van der Waals surface area (Å²) in [6, 6.07) is 5.06. The Balaban J connectivity index is 1.74. The monoisotopic (exact) mass is 363 g/mol. The molecule has 2 amide bonds. The van der Waals surface area contributed by atoms with Gasteiger partial charge in [-0.05, 0) is 25.5 Å². The van der Waals surface area contributed by atoms with Crippen molar-refractivity contribution in [2.75, 3.05) is 23.9 Å². The Morgan fingerprint density at radius 2 is 2.16 bits per heavy atom. The van der Waals surface area contributed by atoms with Crippen molar-refractivity contribution in [3.63, 3.8) is 0 Å². The molecule has 0 aliphatic carbocycles. The average Bonchev–Trinajstić information content (AvgIpc) is 3.16. The largest absolute Gasteiger partial charge is 0.495 e. The number of rotatable bonds is 4. The van der Waals surface area contributed by atoms with Crippen LogP contribution in [0, 0.1) is 19.8 Å². The van der Waals surface area contributed by atoms with E-state index in [9.17, 15) is 9.59 Å². The van der Waals surface area contributed by atoms with E-state index in [0.29, 0.717) is 28.0 Å². The third kappa shape index (κ3) is 3.46. The van der Waals surface area contributed by atoms with E-state index in [4.69, 9.17) is 20.9 Å². The molecule has 0 radical (unpaired) electrons. The van der Waals surface area contributed by atoms with E-state index in [1.54, 1.807) is 25.1 Å². The summed E-state index contributed by atoms with van der Waals surface area (Å²) in [7, 11) is 1.50. The van der Waals surface area contributed by atoms with Crippen molar-refractivity contribution < 1.29 is 18.8 Å². The van der Waals surface area contributed by atoms with Crippen LogP contribution in [0.2, 0.25) is 5.02 Å². The number of carbonyl (C=O) groups excluding carboxylic acids is 2. The maximum atomic E-state index is 12.6. The van der Waals surface area contributed by atoms with Crippen LogP contribution in [0.3, 0.4) is 0 Å². The number of methoxy groups -OCH3 is 1. The van der Waals surface area contributed by atoms with Crippen molar-refractivity contribution in [1.29, 1.82) is 0 Å². The number of hydrogen-bond acceptors (Lipinski definition) is 5. The summed E-state index contributed by atoms with van der Waals surface area (Å²) in [6.45, 7) is 3.84. The summed E-state index contributed by atoms with van der Waals surface area (Å²) in [6.07, 6.45) is 0.118. The Kier molecular flexibility index (Phi) is 4.67. The molecule has 8 heteroatoms. The van der Waals surface area contributed by atoms with Crippen LogP contribution in [-0.4, -0.2) is 30.6 Å². The molecule has 132 valence electrons. The quantitative estimate of drug-likeness (QED) is 0.902. The lowest BCUT2D eigenvalue weighted by Crippen LogP contribution is -2.28. The van der Waals surface area contributed by atoms with Crippen LogP contribution >= 0.6 is 11.6 Å². The predicted molar refractivity (Wildman–Crippen MR) is 93.1 cm³/mol. The first kappa shape index (κ1) is 17.3. The van der Waals surface area contributed by atoms with Crippen molar-refractivity contribution >= 4 is 34.9 Å². The maximum Gasteiger partial charge on any atom is 0.229 e. The van der Waals surface area contributed by atoms with Gasteiger partial charge in [-0.25, -0.2) is 0 Å². The van der Waals surface area contributed by atoms with Crippen LogP contribution in [0.4, 0.5) is 11.5 Å². The summed E-state index contributed by atoms with van der Waals surface area (Å²) < 4.78 is 10.3. The van der Waals surface area contributed by atoms with Gasteiger partial charge in [0, 0.05) is 30.1 Å². The van der Waals surface area contributed by atoms with E-state index >= 15 is 0 Å². The van der Waals surface area contributed by atoms with Gasteiger partial charge >= 0.3 is 0 Å². The van der Waals surface area contributed by atoms with Gasteiger partial charge in [-0.15, -0.1) is 0 Å². The van der Waals surface area contributed by atoms with E-state index in [-0.39, 0.29) is 24.8 Å². The van der Waals surface area contributed by atoms with Crippen molar-refractivity contribution in [2.45, 2.75) is 20.3 Å². The molecule has 7 nitrogen and oxygen atoms in total. The summed E-state index contributed by atoms with van der Waals surface area (Å²) in [5.74, 6) is 0.612. The van der Waals surface area contributed by atoms with Crippen molar-refractivity contribution in [1.82, 2.24) is 5.16 Å². The second-order valence-corrected chi connectivity index (χ2v) is 6.40. The average molecular weight is 364 g/mol. The molecule has 25 heavy (non-hydrogen) atoms. The van der Waals surface area contributed by atoms with Gasteiger partial charge in [0.05, 0.1) is 18.7 Å². The van der Waals surface area contributed by atoms with Crippen LogP contribution in [0.15, 0.2) is 22.7 Å². The number of hydrogen-bond donors (Lipinski definition) is 1. The Morgan fingerprint density at radius 1 is 1.40 bits per heavy atom. The molecule has 1 aliphatic rings. The zero-order chi connectivity index (χ0) is 18.1. The molecule has 1 N–H and O–H groups in total. The van der Waals surface area contributed by atoms with Crippen LogP contribution in [0.1, 0.15) is 17.7 Å². The van der Waals surface area contributed by atoms with E-state index in [1.807, 2.05) is 6.92 Å². The number of aryl methyl sites for hydroxylation is 2.